The molecule has 0 spiro atoms. The van der Waals surface area contributed by atoms with Crippen molar-refractivity contribution in [3.05, 3.63) is 30.1 Å². The van der Waals surface area contributed by atoms with Gasteiger partial charge in [-0.25, -0.2) is 12.8 Å². The van der Waals surface area contributed by atoms with Crippen molar-refractivity contribution in [1.29, 1.82) is 0 Å². The first-order valence-corrected chi connectivity index (χ1v) is 8.38. The van der Waals surface area contributed by atoms with Crippen LogP contribution in [0.2, 0.25) is 0 Å². The summed E-state index contributed by atoms with van der Waals surface area (Å²) in [4.78, 5) is 11.8. The lowest BCUT2D eigenvalue weighted by Gasteiger charge is -2.24. The van der Waals surface area contributed by atoms with E-state index in [1.54, 1.807) is 0 Å². The first-order chi connectivity index (χ1) is 9.49. The van der Waals surface area contributed by atoms with E-state index in [-0.39, 0.29) is 24.4 Å². The van der Waals surface area contributed by atoms with Crippen molar-refractivity contribution in [1.82, 2.24) is 5.32 Å². The van der Waals surface area contributed by atoms with Crippen LogP contribution in [-0.4, -0.2) is 32.7 Å². The Morgan fingerprint density at radius 2 is 1.76 bits per heavy atom. The Bertz CT molecular complexity index is 592. The summed E-state index contributed by atoms with van der Waals surface area (Å²) >= 11 is 0. The average molecular weight is 316 g/mol. The van der Waals surface area contributed by atoms with Crippen molar-refractivity contribution < 1.29 is 17.6 Å². The summed E-state index contributed by atoms with van der Waals surface area (Å²) in [6, 6.07) is 5.11. The minimum Gasteiger partial charge on any atom is -0.351 e. The van der Waals surface area contributed by atoms with Gasteiger partial charge in [-0.2, -0.15) is 0 Å². The van der Waals surface area contributed by atoms with E-state index in [0.717, 1.165) is 10.6 Å². The van der Waals surface area contributed by atoms with Crippen molar-refractivity contribution in [2.24, 2.45) is 0 Å². The number of halogens is 1. The summed E-state index contributed by atoms with van der Waals surface area (Å²) in [6.07, 6.45) is 1.08. The largest absolute Gasteiger partial charge is 0.351 e. The van der Waals surface area contributed by atoms with Gasteiger partial charge in [0.05, 0.1) is 11.9 Å². The van der Waals surface area contributed by atoms with Crippen LogP contribution in [0.1, 0.15) is 27.2 Å². The highest BCUT2D eigenvalue weighted by Crippen LogP contribution is 2.18. The van der Waals surface area contributed by atoms with Gasteiger partial charge in [-0.05, 0) is 45.0 Å². The molecule has 0 saturated heterocycles. The molecule has 0 fully saturated rings. The topological polar surface area (TPSA) is 66.5 Å². The second-order valence-corrected chi connectivity index (χ2v) is 7.77. The van der Waals surface area contributed by atoms with E-state index < -0.39 is 15.8 Å². The molecule has 0 saturated carbocycles. The Labute approximate surface area is 125 Å². The maximum absolute atomic E-state index is 12.9. The summed E-state index contributed by atoms with van der Waals surface area (Å²) in [6.45, 7) is 5.55. The number of carbonyl (C=O) groups excluding carboxylic acids is 1. The lowest BCUT2D eigenvalue weighted by atomic mass is 10.1. The van der Waals surface area contributed by atoms with E-state index in [4.69, 9.17) is 0 Å². The smallest absolute Gasteiger partial charge is 0.232 e. The molecular weight excluding hydrogens is 295 g/mol. The predicted octanol–water partition coefficient (Wildman–Crippen LogP) is 1.90. The molecule has 0 radical (unpaired) electrons. The number of hydrogen-bond acceptors (Lipinski definition) is 3. The average Bonchev–Trinajstić information content (AvgIpc) is 2.27. The van der Waals surface area contributed by atoms with Crippen LogP contribution in [0.5, 0.6) is 0 Å². The van der Waals surface area contributed by atoms with Crippen LogP contribution in [0, 0.1) is 5.82 Å². The zero-order valence-corrected chi connectivity index (χ0v) is 13.5. The Morgan fingerprint density at radius 1 is 1.24 bits per heavy atom. The summed E-state index contributed by atoms with van der Waals surface area (Å²) in [7, 11) is -3.54. The van der Waals surface area contributed by atoms with Crippen LogP contribution in [0.15, 0.2) is 24.3 Å². The van der Waals surface area contributed by atoms with Gasteiger partial charge in [0.25, 0.3) is 0 Å². The van der Waals surface area contributed by atoms with Crippen molar-refractivity contribution in [2.45, 2.75) is 32.7 Å². The van der Waals surface area contributed by atoms with Crippen LogP contribution in [0.4, 0.5) is 10.1 Å². The molecule has 0 bridgehead atoms. The minimum atomic E-state index is -3.54. The van der Waals surface area contributed by atoms with E-state index in [0.29, 0.717) is 5.69 Å². The van der Waals surface area contributed by atoms with E-state index in [2.05, 4.69) is 5.32 Å². The van der Waals surface area contributed by atoms with Gasteiger partial charge >= 0.3 is 0 Å². The highest BCUT2D eigenvalue weighted by molar-refractivity contribution is 7.92. The zero-order chi connectivity index (χ0) is 16.3. The summed E-state index contributed by atoms with van der Waals surface area (Å²) in [5.41, 5.74) is -0.0365. The van der Waals surface area contributed by atoms with Crippen molar-refractivity contribution in [2.75, 3.05) is 17.1 Å². The lowest BCUT2D eigenvalue weighted by Crippen LogP contribution is -2.42. The van der Waals surface area contributed by atoms with E-state index >= 15 is 0 Å². The van der Waals surface area contributed by atoms with Gasteiger partial charge in [0.1, 0.15) is 5.82 Å². The second kappa shape index (κ2) is 6.43. The standard InChI is InChI=1S/C14H21FN2O3S/c1-14(2,3)16-13(18)9-10-17(21(4,19)20)12-7-5-11(15)6-8-12/h5-8H,9-10H2,1-4H3,(H,16,18). The second-order valence-electron chi connectivity index (χ2n) is 5.86. The Kier molecular flexibility index (Phi) is 5.33. The summed E-state index contributed by atoms with van der Waals surface area (Å²) < 4.78 is 37.6. The van der Waals surface area contributed by atoms with Gasteiger partial charge in [0.2, 0.25) is 15.9 Å². The number of nitrogens with zero attached hydrogens (tertiary/aromatic N) is 1. The number of benzene rings is 1. The first kappa shape index (κ1) is 17.4. The number of amides is 1. The van der Waals surface area contributed by atoms with Gasteiger partial charge in [0, 0.05) is 18.5 Å². The Balaban J connectivity index is 2.82. The molecule has 0 heterocycles. The molecule has 0 unspecified atom stereocenters. The number of anilines is 1. The fourth-order valence-corrected chi connectivity index (χ4v) is 2.71. The Morgan fingerprint density at radius 3 is 2.19 bits per heavy atom. The molecule has 0 aliphatic heterocycles. The molecule has 0 aromatic heterocycles. The van der Waals surface area contributed by atoms with E-state index in [1.807, 2.05) is 20.8 Å². The quantitative estimate of drug-likeness (QED) is 0.902. The number of hydrogen-bond donors (Lipinski definition) is 1. The molecule has 0 aliphatic carbocycles. The molecule has 1 aromatic carbocycles. The number of rotatable bonds is 5. The summed E-state index contributed by atoms with van der Waals surface area (Å²) in [5, 5.41) is 2.77. The maximum Gasteiger partial charge on any atom is 0.232 e. The van der Waals surface area contributed by atoms with Crippen molar-refractivity contribution in [3.63, 3.8) is 0 Å². The number of sulfonamides is 1. The monoisotopic (exact) mass is 316 g/mol. The molecule has 1 amide bonds. The normalized spacial score (nSPS) is 12.0. The molecule has 1 rings (SSSR count). The summed E-state index contributed by atoms with van der Waals surface area (Å²) in [5.74, 6) is -0.684. The third kappa shape index (κ3) is 6.12. The maximum atomic E-state index is 12.9. The van der Waals surface area contributed by atoms with E-state index in [1.165, 1.54) is 24.3 Å². The third-order valence-electron chi connectivity index (χ3n) is 2.57. The van der Waals surface area contributed by atoms with Crippen molar-refractivity contribution >= 4 is 21.6 Å². The SMILES string of the molecule is CC(C)(C)NC(=O)CCN(c1ccc(F)cc1)S(C)(=O)=O. The molecule has 0 aliphatic rings. The molecule has 21 heavy (non-hydrogen) atoms. The number of nitrogens with one attached hydrogen (secondary N) is 1. The van der Waals surface area contributed by atoms with Gasteiger partial charge in [-0.1, -0.05) is 0 Å². The molecule has 1 aromatic rings. The number of carbonyl (C=O) groups is 1. The minimum absolute atomic E-state index is 0.00633. The van der Waals surface area contributed by atoms with Gasteiger partial charge in [-0.15, -0.1) is 0 Å². The fourth-order valence-electron chi connectivity index (χ4n) is 1.78. The van der Waals surface area contributed by atoms with E-state index in [9.17, 15) is 17.6 Å². The van der Waals surface area contributed by atoms with Crippen LogP contribution < -0.4 is 9.62 Å². The van der Waals surface area contributed by atoms with Gasteiger partial charge in [0.15, 0.2) is 0 Å². The molecule has 0 atom stereocenters. The highest BCUT2D eigenvalue weighted by Gasteiger charge is 2.20. The highest BCUT2D eigenvalue weighted by atomic mass is 32.2. The molecular formula is C14H21FN2O3S. The van der Waals surface area contributed by atoms with Crippen LogP contribution in [0.3, 0.4) is 0 Å². The predicted molar refractivity (Wildman–Crippen MR) is 81.1 cm³/mol. The molecule has 5 nitrogen and oxygen atoms in total. The molecule has 118 valence electrons. The zero-order valence-electron chi connectivity index (χ0n) is 12.7. The van der Waals surface area contributed by atoms with Crippen molar-refractivity contribution in [3.8, 4) is 0 Å². The first-order valence-electron chi connectivity index (χ1n) is 6.53. The molecule has 1 N–H and O–H groups in total. The third-order valence-corrected chi connectivity index (χ3v) is 3.77. The molecule has 7 heteroatoms. The Hall–Kier alpha value is -1.63. The van der Waals surface area contributed by atoms with Crippen LogP contribution >= 0.6 is 0 Å². The van der Waals surface area contributed by atoms with Crippen LogP contribution in [0.25, 0.3) is 0 Å². The van der Waals surface area contributed by atoms with Gasteiger partial charge in [-0.3, -0.25) is 9.10 Å². The van der Waals surface area contributed by atoms with Crippen LogP contribution in [-0.2, 0) is 14.8 Å². The van der Waals surface area contributed by atoms with Gasteiger partial charge < -0.3 is 5.32 Å². The fraction of sp³-hybridized carbons (Fsp3) is 0.500. The lowest BCUT2D eigenvalue weighted by molar-refractivity contribution is -0.122.